The third-order valence-electron chi connectivity index (χ3n) is 3.11. The first-order chi connectivity index (χ1) is 9.56. The highest BCUT2D eigenvalue weighted by Gasteiger charge is 2.19. The Balaban J connectivity index is 2.11. The number of carboxylic acids is 1. The number of ether oxygens (including phenoxy) is 2. The van der Waals surface area contributed by atoms with E-state index < -0.39 is 5.97 Å². The second-order valence-corrected chi connectivity index (χ2v) is 4.83. The molecule has 6 nitrogen and oxygen atoms in total. The summed E-state index contributed by atoms with van der Waals surface area (Å²) < 4.78 is 12.3. The number of hydrogen-bond acceptors (Lipinski definition) is 4. The van der Waals surface area contributed by atoms with Crippen LogP contribution >= 0.6 is 0 Å². The predicted octanol–water partition coefficient (Wildman–Crippen LogP) is 2.56. The molecule has 0 aliphatic carbocycles. The molecule has 3 rings (SSSR count). The van der Waals surface area contributed by atoms with Crippen LogP contribution in [0.5, 0.6) is 11.5 Å². The van der Waals surface area contributed by atoms with Gasteiger partial charge in [-0.05, 0) is 38.1 Å². The number of benzene rings is 1. The molecular formula is C14H14N2O4. The Morgan fingerprint density at radius 3 is 2.75 bits per heavy atom. The van der Waals surface area contributed by atoms with Crippen molar-refractivity contribution in [3.8, 4) is 22.8 Å². The minimum Gasteiger partial charge on any atom is -0.476 e. The number of fused-ring (bicyclic) bond motifs is 1. The molecule has 6 heteroatoms. The maximum Gasteiger partial charge on any atom is 0.356 e. The molecule has 0 saturated heterocycles. The van der Waals surface area contributed by atoms with E-state index in [2.05, 4.69) is 5.10 Å². The lowest BCUT2D eigenvalue weighted by Crippen LogP contribution is -2.06. The van der Waals surface area contributed by atoms with Crippen molar-refractivity contribution >= 4 is 5.97 Å². The van der Waals surface area contributed by atoms with Crippen molar-refractivity contribution < 1.29 is 19.4 Å². The highest BCUT2D eigenvalue weighted by atomic mass is 16.7. The minimum absolute atomic E-state index is 0.0337. The van der Waals surface area contributed by atoms with Crippen LogP contribution in [0.25, 0.3) is 11.3 Å². The molecule has 0 amide bonds. The number of aromatic carboxylic acids is 1. The molecule has 1 aromatic carbocycles. The smallest absolute Gasteiger partial charge is 0.356 e. The standard InChI is InChI=1S/C14H14N2O4/c1-8(2)16-11(6-10(15-16)14(17)18)9-3-4-12-13(5-9)20-7-19-12/h3-6,8H,7H2,1-2H3,(H,17,18). The van der Waals surface area contributed by atoms with E-state index in [0.29, 0.717) is 11.5 Å². The summed E-state index contributed by atoms with van der Waals surface area (Å²) in [6.45, 7) is 4.12. The lowest BCUT2D eigenvalue weighted by atomic mass is 10.1. The normalized spacial score (nSPS) is 12.9. The topological polar surface area (TPSA) is 73.6 Å². The van der Waals surface area contributed by atoms with E-state index in [-0.39, 0.29) is 18.5 Å². The van der Waals surface area contributed by atoms with Gasteiger partial charge in [0, 0.05) is 11.6 Å². The molecule has 0 unspecified atom stereocenters. The van der Waals surface area contributed by atoms with Gasteiger partial charge in [-0.15, -0.1) is 0 Å². The van der Waals surface area contributed by atoms with E-state index in [4.69, 9.17) is 14.6 Å². The summed E-state index contributed by atoms with van der Waals surface area (Å²) in [7, 11) is 0. The van der Waals surface area contributed by atoms with E-state index in [0.717, 1.165) is 11.3 Å². The van der Waals surface area contributed by atoms with Crippen LogP contribution in [-0.4, -0.2) is 27.6 Å². The van der Waals surface area contributed by atoms with Crippen LogP contribution in [-0.2, 0) is 0 Å². The summed E-state index contributed by atoms with van der Waals surface area (Å²) in [5.74, 6) is 0.324. The molecule has 0 atom stereocenters. The Morgan fingerprint density at radius 2 is 2.05 bits per heavy atom. The van der Waals surface area contributed by atoms with Crippen molar-refractivity contribution in [2.75, 3.05) is 6.79 Å². The Kier molecular flexibility index (Phi) is 2.85. The van der Waals surface area contributed by atoms with E-state index in [1.807, 2.05) is 32.0 Å². The van der Waals surface area contributed by atoms with Crippen molar-refractivity contribution in [1.82, 2.24) is 9.78 Å². The second-order valence-electron chi connectivity index (χ2n) is 4.83. The fourth-order valence-corrected chi connectivity index (χ4v) is 2.16. The van der Waals surface area contributed by atoms with Crippen LogP contribution < -0.4 is 9.47 Å². The molecule has 2 heterocycles. The van der Waals surface area contributed by atoms with Crippen molar-refractivity contribution in [3.63, 3.8) is 0 Å². The fourth-order valence-electron chi connectivity index (χ4n) is 2.16. The molecule has 2 aromatic rings. The number of nitrogens with zero attached hydrogens (tertiary/aromatic N) is 2. The van der Waals surface area contributed by atoms with Crippen LogP contribution in [0, 0.1) is 0 Å². The Labute approximate surface area is 115 Å². The van der Waals surface area contributed by atoms with E-state index in [1.54, 1.807) is 10.7 Å². The van der Waals surface area contributed by atoms with Crippen molar-refractivity contribution in [2.24, 2.45) is 0 Å². The number of aromatic nitrogens is 2. The van der Waals surface area contributed by atoms with Gasteiger partial charge < -0.3 is 14.6 Å². The van der Waals surface area contributed by atoms with Gasteiger partial charge in [-0.1, -0.05) is 0 Å². The first-order valence-corrected chi connectivity index (χ1v) is 6.29. The van der Waals surface area contributed by atoms with E-state index >= 15 is 0 Å². The monoisotopic (exact) mass is 274 g/mol. The zero-order valence-electron chi connectivity index (χ0n) is 11.2. The second kappa shape index (κ2) is 4.56. The van der Waals surface area contributed by atoms with Gasteiger partial charge in [0.15, 0.2) is 17.2 Å². The largest absolute Gasteiger partial charge is 0.476 e. The number of carboxylic acid groups (broad SMARTS) is 1. The molecule has 1 aromatic heterocycles. The first kappa shape index (κ1) is 12.5. The molecule has 0 bridgehead atoms. The molecule has 1 N–H and O–H groups in total. The average molecular weight is 274 g/mol. The zero-order chi connectivity index (χ0) is 14.3. The van der Waals surface area contributed by atoms with Gasteiger partial charge >= 0.3 is 5.97 Å². The summed E-state index contributed by atoms with van der Waals surface area (Å²) in [5.41, 5.74) is 1.63. The van der Waals surface area contributed by atoms with Crippen LogP contribution in [0.15, 0.2) is 24.3 Å². The van der Waals surface area contributed by atoms with Gasteiger partial charge in [0.05, 0.1) is 5.69 Å². The Bertz CT molecular complexity index is 676. The lowest BCUT2D eigenvalue weighted by molar-refractivity contribution is 0.0689. The third kappa shape index (κ3) is 1.99. The van der Waals surface area contributed by atoms with Gasteiger partial charge in [-0.25, -0.2) is 4.79 Å². The first-order valence-electron chi connectivity index (χ1n) is 6.29. The van der Waals surface area contributed by atoms with Crippen LogP contribution in [0.2, 0.25) is 0 Å². The summed E-state index contributed by atoms with van der Waals surface area (Å²) in [6, 6.07) is 7.15. The van der Waals surface area contributed by atoms with Gasteiger partial charge in [0.2, 0.25) is 6.79 Å². The van der Waals surface area contributed by atoms with Gasteiger partial charge in [-0.2, -0.15) is 5.10 Å². The van der Waals surface area contributed by atoms with Gasteiger partial charge in [0.1, 0.15) is 0 Å². The van der Waals surface area contributed by atoms with Crippen molar-refractivity contribution in [1.29, 1.82) is 0 Å². The lowest BCUT2D eigenvalue weighted by Gasteiger charge is -2.11. The van der Waals surface area contributed by atoms with E-state index in [9.17, 15) is 4.79 Å². The summed E-state index contributed by atoms with van der Waals surface area (Å²) in [6.07, 6.45) is 0. The minimum atomic E-state index is -1.04. The van der Waals surface area contributed by atoms with Gasteiger partial charge in [-0.3, -0.25) is 4.68 Å². The summed E-state index contributed by atoms with van der Waals surface area (Å²) in [4.78, 5) is 11.1. The Morgan fingerprint density at radius 1 is 1.30 bits per heavy atom. The van der Waals surface area contributed by atoms with Crippen LogP contribution in [0.4, 0.5) is 0 Å². The molecule has 1 aliphatic rings. The zero-order valence-corrected chi connectivity index (χ0v) is 11.2. The quantitative estimate of drug-likeness (QED) is 0.931. The summed E-state index contributed by atoms with van der Waals surface area (Å²) in [5, 5.41) is 13.2. The SMILES string of the molecule is CC(C)n1nc(C(=O)O)cc1-c1ccc2c(c1)OCO2. The molecule has 0 saturated carbocycles. The Hall–Kier alpha value is -2.50. The molecule has 0 fully saturated rings. The molecular weight excluding hydrogens is 260 g/mol. The maximum absolute atomic E-state index is 11.1. The molecule has 1 aliphatic heterocycles. The average Bonchev–Trinajstić information content (AvgIpc) is 3.04. The van der Waals surface area contributed by atoms with E-state index in [1.165, 1.54) is 0 Å². The number of carbonyl (C=O) groups is 1. The van der Waals surface area contributed by atoms with Crippen molar-refractivity contribution in [3.05, 3.63) is 30.0 Å². The summed E-state index contributed by atoms with van der Waals surface area (Å²) >= 11 is 0. The molecule has 0 radical (unpaired) electrons. The van der Waals surface area contributed by atoms with Crippen LogP contribution in [0.1, 0.15) is 30.4 Å². The van der Waals surface area contributed by atoms with Crippen molar-refractivity contribution in [2.45, 2.75) is 19.9 Å². The number of hydrogen-bond donors (Lipinski definition) is 1. The predicted molar refractivity (Wildman–Crippen MR) is 71.1 cm³/mol. The molecule has 104 valence electrons. The van der Waals surface area contributed by atoms with Gasteiger partial charge in [0.25, 0.3) is 0 Å². The fraction of sp³-hybridized carbons (Fsp3) is 0.286. The molecule has 20 heavy (non-hydrogen) atoms. The third-order valence-corrected chi connectivity index (χ3v) is 3.11. The highest BCUT2D eigenvalue weighted by Crippen LogP contribution is 2.36. The van der Waals surface area contributed by atoms with Crippen LogP contribution in [0.3, 0.4) is 0 Å². The molecule has 0 spiro atoms. The maximum atomic E-state index is 11.1. The number of rotatable bonds is 3. The highest BCUT2D eigenvalue weighted by molar-refractivity contribution is 5.87.